The average molecular weight is 164 g/mol. The highest BCUT2D eigenvalue weighted by molar-refractivity contribution is 5.83. The number of anilines is 1. The van der Waals surface area contributed by atoms with E-state index < -0.39 is 0 Å². The van der Waals surface area contributed by atoms with E-state index in [1.54, 1.807) is 7.05 Å². The van der Waals surface area contributed by atoms with Crippen molar-refractivity contribution in [2.45, 2.75) is 13.8 Å². The topological polar surface area (TPSA) is 61.7 Å². The van der Waals surface area contributed by atoms with Crippen LogP contribution in [0.4, 0.5) is 5.69 Å². The van der Waals surface area contributed by atoms with Crippen LogP contribution in [0.2, 0.25) is 0 Å². The normalized spacial score (nSPS) is 9.58. The number of rotatable bonds is 2. The summed E-state index contributed by atoms with van der Waals surface area (Å²) in [5.41, 5.74) is 2.35. The van der Waals surface area contributed by atoms with E-state index in [4.69, 9.17) is 5.41 Å². The third-order valence-corrected chi connectivity index (χ3v) is 1.62. The zero-order chi connectivity index (χ0) is 9.14. The van der Waals surface area contributed by atoms with Gasteiger partial charge in [-0.25, -0.2) is 9.97 Å². The summed E-state index contributed by atoms with van der Waals surface area (Å²) in [4.78, 5) is 8.28. The van der Waals surface area contributed by atoms with Crippen LogP contribution in [0.1, 0.15) is 17.2 Å². The Balaban J connectivity index is 3.33. The van der Waals surface area contributed by atoms with Crippen molar-refractivity contribution in [1.29, 1.82) is 5.41 Å². The molecular formula is C8H12N4. The van der Waals surface area contributed by atoms with Crippen LogP contribution in [0.3, 0.4) is 0 Å². The lowest BCUT2D eigenvalue weighted by Gasteiger charge is -2.07. The van der Waals surface area contributed by atoms with Gasteiger partial charge in [0.1, 0.15) is 11.5 Å². The minimum atomic E-state index is 0.641. The van der Waals surface area contributed by atoms with Gasteiger partial charge in [0, 0.05) is 13.3 Å². The first-order valence-electron chi connectivity index (χ1n) is 3.72. The van der Waals surface area contributed by atoms with Crippen molar-refractivity contribution >= 4 is 11.9 Å². The molecule has 0 spiro atoms. The second kappa shape index (κ2) is 3.30. The summed E-state index contributed by atoms with van der Waals surface area (Å²) in [5.74, 6) is 0.699. The summed E-state index contributed by atoms with van der Waals surface area (Å²) in [5, 5.41) is 10.1. The van der Waals surface area contributed by atoms with E-state index in [0.717, 1.165) is 11.4 Å². The molecule has 1 heterocycles. The van der Waals surface area contributed by atoms with E-state index >= 15 is 0 Å². The van der Waals surface area contributed by atoms with Crippen LogP contribution in [0.5, 0.6) is 0 Å². The Morgan fingerprint density at radius 2 is 2.00 bits per heavy atom. The molecule has 1 rings (SSSR count). The highest BCUT2D eigenvalue weighted by Gasteiger charge is 2.05. The molecule has 1 aromatic rings. The molecule has 64 valence electrons. The third-order valence-electron chi connectivity index (χ3n) is 1.62. The van der Waals surface area contributed by atoms with Gasteiger partial charge in [0.15, 0.2) is 0 Å². The Kier molecular flexibility index (Phi) is 2.38. The van der Waals surface area contributed by atoms with Gasteiger partial charge in [-0.3, -0.25) is 0 Å². The highest BCUT2D eigenvalue weighted by atomic mass is 15.0. The molecule has 1 aromatic heterocycles. The maximum Gasteiger partial charge on any atom is 0.126 e. The largest absolute Gasteiger partial charge is 0.385 e. The number of hydrogen-bond donors (Lipinski definition) is 2. The van der Waals surface area contributed by atoms with Crippen LogP contribution in [0, 0.1) is 19.3 Å². The maximum absolute atomic E-state index is 7.13. The number of aryl methyl sites for hydroxylation is 2. The van der Waals surface area contributed by atoms with Crippen molar-refractivity contribution < 1.29 is 0 Å². The maximum atomic E-state index is 7.13. The molecule has 0 saturated heterocycles. The standard InChI is InChI=1S/C8H12N4/c1-5-8(10-3)7(4-9)12-6(2)11-5/h4,9-10H,1-3H3. The van der Waals surface area contributed by atoms with Crippen molar-refractivity contribution in [3.05, 3.63) is 17.2 Å². The number of nitrogens with zero attached hydrogens (tertiary/aromatic N) is 2. The highest BCUT2D eigenvalue weighted by Crippen LogP contribution is 2.14. The van der Waals surface area contributed by atoms with Crippen LogP contribution in [-0.2, 0) is 0 Å². The molecule has 0 aliphatic heterocycles. The van der Waals surface area contributed by atoms with E-state index in [2.05, 4.69) is 15.3 Å². The summed E-state index contributed by atoms with van der Waals surface area (Å²) in [7, 11) is 1.80. The monoisotopic (exact) mass is 164 g/mol. The quantitative estimate of drug-likeness (QED) is 0.644. The second-order valence-corrected chi connectivity index (χ2v) is 2.51. The van der Waals surface area contributed by atoms with Crippen LogP contribution in [0.15, 0.2) is 0 Å². The minimum absolute atomic E-state index is 0.641. The Morgan fingerprint density at radius 1 is 1.33 bits per heavy atom. The predicted octanol–water partition coefficient (Wildman–Crippen LogP) is 1.13. The van der Waals surface area contributed by atoms with Crippen LogP contribution >= 0.6 is 0 Å². The molecule has 2 N–H and O–H groups in total. The van der Waals surface area contributed by atoms with Crippen molar-refractivity contribution in [3.8, 4) is 0 Å². The lowest BCUT2D eigenvalue weighted by molar-refractivity contribution is 1.00. The Bertz CT molecular complexity index is 306. The molecule has 0 amide bonds. The third kappa shape index (κ3) is 1.42. The van der Waals surface area contributed by atoms with Gasteiger partial charge in [-0.05, 0) is 13.8 Å². The first-order chi connectivity index (χ1) is 5.69. The first kappa shape index (κ1) is 8.64. The SMILES string of the molecule is CNc1c(C)nc(C)nc1C=N. The Morgan fingerprint density at radius 3 is 2.50 bits per heavy atom. The molecule has 0 atom stereocenters. The van der Waals surface area contributed by atoms with E-state index in [1.165, 1.54) is 6.21 Å². The second-order valence-electron chi connectivity index (χ2n) is 2.51. The molecule has 0 radical (unpaired) electrons. The Labute approximate surface area is 71.6 Å². The van der Waals surface area contributed by atoms with Gasteiger partial charge in [0.2, 0.25) is 0 Å². The van der Waals surface area contributed by atoms with E-state index in [9.17, 15) is 0 Å². The fourth-order valence-corrected chi connectivity index (χ4v) is 1.15. The molecule has 0 fully saturated rings. The summed E-state index contributed by atoms with van der Waals surface area (Å²) in [6.45, 7) is 3.72. The van der Waals surface area contributed by atoms with Crippen molar-refractivity contribution in [2.24, 2.45) is 0 Å². The average Bonchev–Trinajstić information content (AvgIpc) is 2.03. The summed E-state index contributed by atoms with van der Waals surface area (Å²) < 4.78 is 0. The molecule has 0 aliphatic rings. The minimum Gasteiger partial charge on any atom is -0.385 e. The van der Waals surface area contributed by atoms with Gasteiger partial charge in [0.25, 0.3) is 0 Å². The molecule has 4 heteroatoms. The molecule has 0 saturated carbocycles. The molecule has 0 bridgehead atoms. The van der Waals surface area contributed by atoms with E-state index in [-0.39, 0.29) is 0 Å². The zero-order valence-electron chi connectivity index (χ0n) is 7.47. The smallest absolute Gasteiger partial charge is 0.126 e. The molecule has 0 aliphatic carbocycles. The zero-order valence-corrected chi connectivity index (χ0v) is 7.47. The van der Waals surface area contributed by atoms with Crippen LogP contribution in [-0.4, -0.2) is 23.2 Å². The number of hydrogen-bond acceptors (Lipinski definition) is 4. The van der Waals surface area contributed by atoms with E-state index in [0.29, 0.717) is 11.5 Å². The summed E-state index contributed by atoms with van der Waals surface area (Å²) >= 11 is 0. The molecular weight excluding hydrogens is 152 g/mol. The Hall–Kier alpha value is -1.45. The van der Waals surface area contributed by atoms with Crippen molar-refractivity contribution in [2.75, 3.05) is 12.4 Å². The molecule has 0 unspecified atom stereocenters. The molecule has 0 aromatic carbocycles. The van der Waals surface area contributed by atoms with Gasteiger partial charge in [-0.1, -0.05) is 0 Å². The van der Waals surface area contributed by atoms with Gasteiger partial charge < -0.3 is 10.7 Å². The fourth-order valence-electron chi connectivity index (χ4n) is 1.15. The summed E-state index contributed by atoms with van der Waals surface area (Å²) in [6.07, 6.45) is 1.23. The van der Waals surface area contributed by atoms with E-state index in [1.807, 2.05) is 13.8 Å². The predicted molar refractivity (Wildman–Crippen MR) is 48.9 cm³/mol. The lowest BCUT2D eigenvalue weighted by Crippen LogP contribution is -2.04. The lowest BCUT2D eigenvalue weighted by atomic mass is 10.2. The number of aromatic nitrogens is 2. The van der Waals surface area contributed by atoms with Gasteiger partial charge in [0.05, 0.1) is 11.4 Å². The van der Waals surface area contributed by atoms with Crippen molar-refractivity contribution in [1.82, 2.24) is 9.97 Å². The first-order valence-corrected chi connectivity index (χ1v) is 3.72. The van der Waals surface area contributed by atoms with Crippen LogP contribution < -0.4 is 5.32 Å². The van der Waals surface area contributed by atoms with Gasteiger partial charge in [-0.2, -0.15) is 0 Å². The summed E-state index contributed by atoms with van der Waals surface area (Å²) in [6, 6.07) is 0. The molecule has 12 heavy (non-hydrogen) atoms. The molecule has 4 nitrogen and oxygen atoms in total. The van der Waals surface area contributed by atoms with Gasteiger partial charge >= 0.3 is 0 Å². The van der Waals surface area contributed by atoms with Crippen LogP contribution in [0.25, 0.3) is 0 Å². The van der Waals surface area contributed by atoms with Gasteiger partial charge in [-0.15, -0.1) is 0 Å². The van der Waals surface area contributed by atoms with Crippen molar-refractivity contribution in [3.63, 3.8) is 0 Å². The number of nitrogens with one attached hydrogen (secondary N) is 2. The fraction of sp³-hybridized carbons (Fsp3) is 0.375.